The third kappa shape index (κ3) is 3.61. The Morgan fingerprint density at radius 1 is 0.854 bits per heavy atom. The standard InChI is InChI=1S/C37H62N3O/c1-10-11-12-13-22-40-30-26(39(9)38-40)23-34(6)27(33(30,4)5)16-17-36(8)28(34)15-14-25-29-31-32(2,3)18-20-37(29,24-41-31)21-19-35(25,36)7/h25,27-29,31H,10-24H2,1-9H3/q+1/t25-,27+,28-,29+,31-,34+,35-,36-,37-/m1/s1. The molecule has 0 N–H and O–H groups in total. The van der Waals surface area contributed by atoms with Crippen molar-refractivity contribution in [1.29, 1.82) is 0 Å². The van der Waals surface area contributed by atoms with Crippen LogP contribution in [0.1, 0.15) is 144 Å². The molecule has 1 aromatic rings. The normalized spacial score (nSPS) is 47.1. The molecule has 6 aliphatic rings. The van der Waals surface area contributed by atoms with Crippen molar-refractivity contribution in [3.63, 3.8) is 0 Å². The van der Waals surface area contributed by atoms with E-state index in [9.17, 15) is 0 Å². The summed E-state index contributed by atoms with van der Waals surface area (Å²) in [4.78, 5) is 0. The van der Waals surface area contributed by atoms with E-state index in [2.05, 4.69) is 71.8 Å². The number of nitrogens with zero attached hydrogens (tertiary/aromatic N) is 3. The predicted molar refractivity (Wildman–Crippen MR) is 165 cm³/mol. The number of unbranched alkanes of at least 4 members (excludes halogenated alkanes) is 3. The van der Waals surface area contributed by atoms with Crippen LogP contribution in [-0.4, -0.2) is 22.6 Å². The number of rotatable bonds is 5. The maximum atomic E-state index is 6.81. The van der Waals surface area contributed by atoms with Crippen molar-refractivity contribution in [2.24, 2.45) is 57.8 Å². The molecule has 0 unspecified atom stereocenters. The van der Waals surface area contributed by atoms with Crippen molar-refractivity contribution in [2.75, 3.05) is 6.61 Å². The van der Waals surface area contributed by atoms with Crippen molar-refractivity contribution >= 4 is 0 Å². The molecule has 1 aliphatic heterocycles. The summed E-state index contributed by atoms with van der Waals surface area (Å²) in [6.45, 7) is 23.0. The van der Waals surface area contributed by atoms with Gasteiger partial charge in [0.15, 0.2) is 11.4 Å². The van der Waals surface area contributed by atoms with E-state index >= 15 is 0 Å². The van der Waals surface area contributed by atoms with Crippen LogP contribution in [0.5, 0.6) is 0 Å². The zero-order valence-corrected chi connectivity index (χ0v) is 28.2. The van der Waals surface area contributed by atoms with Gasteiger partial charge in [0.05, 0.1) is 17.9 Å². The van der Waals surface area contributed by atoms with Gasteiger partial charge in [-0.2, -0.15) is 0 Å². The van der Waals surface area contributed by atoms with E-state index in [1.165, 1.54) is 83.5 Å². The van der Waals surface area contributed by atoms with Gasteiger partial charge in [-0.3, -0.25) is 0 Å². The topological polar surface area (TPSA) is 30.9 Å². The molecule has 2 heterocycles. The van der Waals surface area contributed by atoms with Gasteiger partial charge in [-0.05, 0) is 115 Å². The van der Waals surface area contributed by atoms with Crippen molar-refractivity contribution in [3.8, 4) is 0 Å². The van der Waals surface area contributed by atoms with Crippen molar-refractivity contribution in [2.45, 2.75) is 157 Å². The number of aromatic nitrogens is 3. The molecule has 0 amide bonds. The van der Waals surface area contributed by atoms with Gasteiger partial charge in [0.25, 0.3) is 0 Å². The molecule has 0 spiro atoms. The number of hydrogen-bond acceptors (Lipinski definition) is 2. The largest absolute Gasteiger partial charge is 0.377 e. The average Bonchev–Trinajstić information content (AvgIpc) is 3.40. The summed E-state index contributed by atoms with van der Waals surface area (Å²) in [5, 5.41) is 5.18. The fourth-order valence-corrected chi connectivity index (χ4v) is 13.6. The van der Waals surface area contributed by atoms with Crippen LogP contribution in [-0.2, 0) is 30.2 Å². The summed E-state index contributed by atoms with van der Waals surface area (Å²) in [6.07, 6.45) is 18.2. The van der Waals surface area contributed by atoms with Crippen LogP contribution >= 0.6 is 0 Å². The summed E-state index contributed by atoms with van der Waals surface area (Å²) < 4.78 is 11.5. The summed E-state index contributed by atoms with van der Waals surface area (Å²) in [7, 11) is 2.24. The lowest BCUT2D eigenvalue weighted by atomic mass is 9.31. The third-order valence-corrected chi connectivity index (χ3v) is 15.8. The smallest absolute Gasteiger partial charge is 0.176 e. The molecular formula is C37H62N3O+. The molecule has 1 saturated heterocycles. The minimum absolute atomic E-state index is 0.164. The van der Waals surface area contributed by atoms with Crippen molar-refractivity contribution < 1.29 is 9.42 Å². The number of aryl methyl sites for hydroxylation is 2. The van der Waals surface area contributed by atoms with Gasteiger partial charge in [-0.15, -0.1) is 9.36 Å². The maximum Gasteiger partial charge on any atom is 0.176 e. The second-order valence-electron chi connectivity index (χ2n) is 18.3. The molecule has 4 saturated carbocycles. The zero-order valence-electron chi connectivity index (χ0n) is 28.2. The lowest BCUT2D eigenvalue weighted by Gasteiger charge is -2.72. The van der Waals surface area contributed by atoms with Gasteiger partial charge < -0.3 is 4.74 Å². The van der Waals surface area contributed by atoms with E-state index in [0.29, 0.717) is 33.2 Å². The molecule has 230 valence electrons. The molecule has 4 heteroatoms. The van der Waals surface area contributed by atoms with E-state index in [-0.39, 0.29) is 5.41 Å². The Labute approximate surface area is 251 Å². The Balaban J connectivity index is 1.24. The van der Waals surface area contributed by atoms with Crippen LogP contribution in [0.3, 0.4) is 0 Å². The second-order valence-corrected chi connectivity index (χ2v) is 18.3. The van der Waals surface area contributed by atoms with Gasteiger partial charge in [0.2, 0.25) is 0 Å². The highest BCUT2D eigenvalue weighted by atomic mass is 16.5. The minimum Gasteiger partial charge on any atom is -0.377 e. The Morgan fingerprint density at radius 3 is 2.37 bits per heavy atom. The highest BCUT2D eigenvalue weighted by Crippen LogP contribution is 2.77. The highest BCUT2D eigenvalue weighted by molar-refractivity contribution is 5.30. The second kappa shape index (κ2) is 9.07. The zero-order chi connectivity index (χ0) is 29.2. The minimum atomic E-state index is 0.164. The summed E-state index contributed by atoms with van der Waals surface area (Å²) in [5.41, 5.74) is 5.26. The average molecular weight is 565 g/mol. The van der Waals surface area contributed by atoms with E-state index < -0.39 is 0 Å². The van der Waals surface area contributed by atoms with Gasteiger partial charge >= 0.3 is 0 Å². The van der Waals surface area contributed by atoms with Crippen LogP contribution in [0.2, 0.25) is 0 Å². The SMILES string of the molecule is CCCCCC[n+]1nn(C)c2c1C(C)(C)[C@@H]1CC[C@]3(C)[C@H](CC[C@@H]4[C@H]5[C@H]6OC[C@@]5(CCC6(C)C)CC[C@]43C)[C@@]1(C)C2. The summed E-state index contributed by atoms with van der Waals surface area (Å²) in [5.74, 6) is 3.14. The Morgan fingerprint density at radius 2 is 1.61 bits per heavy atom. The molecule has 0 aromatic carbocycles. The molecule has 5 fully saturated rings. The molecule has 41 heavy (non-hydrogen) atoms. The van der Waals surface area contributed by atoms with E-state index in [1.807, 2.05) is 0 Å². The van der Waals surface area contributed by atoms with E-state index in [4.69, 9.17) is 9.95 Å². The fourth-order valence-electron chi connectivity index (χ4n) is 13.6. The maximum absolute atomic E-state index is 6.81. The molecule has 1 aromatic heterocycles. The molecule has 7 rings (SSSR count). The van der Waals surface area contributed by atoms with E-state index in [1.54, 1.807) is 11.4 Å². The van der Waals surface area contributed by atoms with E-state index in [0.717, 1.165) is 36.8 Å². The van der Waals surface area contributed by atoms with Gasteiger partial charge in [-0.1, -0.05) is 68.2 Å². The summed E-state index contributed by atoms with van der Waals surface area (Å²) in [6, 6.07) is 0. The quantitative estimate of drug-likeness (QED) is 0.267. The first kappa shape index (κ1) is 28.8. The van der Waals surface area contributed by atoms with Crippen LogP contribution in [0.25, 0.3) is 0 Å². The number of hydrogen-bond donors (Lipinski definition) is 0. The third-order valence-electron chi connectivity index (χ3n) is 15.8. The fraction of sp³-hybridized carbons (Fsp3) is 0.946. The van der Waals surface area contributed by atoms with Gasteiger partial charge in [0, 0.05) is 11.8 Å². The summed E-state index contributed by atoms with van der Waals surface area (Å²) >= 11 is 0. The lowest BCUT2D eigenvalue weighted by Crippen LogP contribution is -2.68. The highest BCUT2D eigenvalue weighted by Gasteiger charge is 2.73. The van der Waals surface area contributed by atoms with Crippen LogP contribution < -0.4 is 4.68 Å². The van der Waals surface area contributed by atoms with Crippen molar-refractivity contribution in [1.82, 2.24) is 9.90 Å². The molecule has 4 nitrogen and oxygen atoms in total. The van der Waals surface area contributed by atoms with Crippen molar-refractivity contribution in [3.05, 3.63) is 11.4 Å². The molecule has 2 bridgehead atoms. The van der Waals surface area contributed by atoms with Gasteiger partial charge in [0.1, 0.15) is 13.6 Å². The van der Waals surface area contributed by atoms with Gasteiger partial charge in [-0.25, -0.2) is 0 Å². The Bertz CT molecular complexity index is 1200. The first-order chi connectivity index (χ1) is 19.3. The molecular weight excluding hydrogens is 502 g/mol. The van der Waals surface area contributed by atoms with Crippen LogP contribution in [0.4, 0.5) is 0 Å². The van der Waals surface area contributed by atoms with Crippen LogP contribution in [0.15, 0.2) is 0 Å². The van der Waals surface area contributed by atoms with Crippen LogP contribution in [0, 0.1) is 50.7 Å². The monoisotopic (exact) mass is 564 g/mol. The first-order valence-electron chi connectivity index (χ1n) is 17.8. The number of fused-ring (bicyclic) bond motifs is 6. The Kier molecular flexibility index (Phi) is 6.38. The molecule has 5 aliphatic carbocycles. The molecule has 0 radical (unpaired) electrons. The predicted octanol–water partition coefficient (Wildman–Crippen LogP) is 8.19. The first-order valence-corrected chi connectivity index (χ1v) is 17.8. The molecule has 9 atom stereocenters. The Hall–Kier alpha value is -0.900. The number of ether oxygens (including phenoxy) is 1. The lowest BCUT2D eigenvalue weighted by molar-refractivity contribution is -0.765.